The molecule has 1 heterocycles. The van der Waals surface area contributed by atoms with Gasteiger partial charge < -0.3 is 9.67 Å². The van der Waals surface area contributed by atoms with Crippen LogP contribution in [0.1, 0.15) is 42.7 Å². The van der Waals surface area contributed by atoms with Crippen LogP contribution in [0.3, 0.4) is 0 Å². The third kappa shape index (κ3) is 3.19. The monoisotopic (exact) mass is 362 g/mol. The van der Waals surface area contributed by atoms with Crippen molar-refractivity contribution < 1.29 is 5.11 Å². The first-order valence-corrected chi connectivity index (χ1v) is 10.1. The van der Waals surface area contributed by atoms with Gasteiger partial charge in [-0.3, -0.25) is 4.90 Å². The van der Waals surface area contributed by atoms with Crippen LogP contribution in [-0.4, -0.2) is 35.3 Å². The zero-order chi connectivity index (χ0) is 18.9. The molecule has 1 aromatic heterocycles. The number of aromatic nitrogens is 1. The van der Waals surface area contributed by atoms with E-state index >= 15 is 0 Å². The molecule has 0 spiro atoms. The molecule has 1 aliphatic carbocycles. The maximum Gasteiger partial charge on any atom is 0.0610 e. The maximum absolute atomic E-state index is 9.43. The van der Waals surface area contributed by atoms with Crippen molar-refractivity contribution in [1.82, 2.24) is 9.47 Å². The minimum atomic E-state index is 0.140. The van der Waals surface area contributed by atoms with Crippen LogP contribution >= 0.6 is 0 Å². The molecular formula is C24H30N2O. The molecule has 3 nitrogen and oxygen atoms in total. The van der Waals surface area contributed by atoms with E-state index in [1.807, 2.05) is 0 Å². The average molecular weight is 363 g/mol. The molecule has 27 heavy (non-hydrogen) atoms. The third-order valence-electron chi connectivity index (χ3n) is 6.58. The van der Waals surface area contributed by atoms with Crippen LogP contribution in [0.15, 0.2) is 60.8 Å². The van der Waals surface area contributed by atoms with Crippen LogP contribution in [0.2, 0.25) is 0 Å². The Morgan fingerprint density at radius 2 is 1.67 bits per heavy atom. The largest absolute Gasteiger partial charge is 0.395 e. The first-order valence-electron chi connectivity index (χ1n) is 10.1. The molecule has 3 aromatic rings. The lowest BCUT2D eigenvalue weighted by atomic mass is 9.70. The van der Waals surface area contributed by atoms with Crippen molar-refractivity contribution >= 4 is 10.9 Å². The van der Waals surface area contributed by atoms with Crippen molar-refractivity contribution in [2.75, 3.05) is 20.7 Å². The first kappa shape index (κ1) is 18.3. The molecule has 0 atom stereocenters. The van der Waals surface area contributed by atoms with Gasteiger partial charge in [0.05, 0.1) is 6.61 Å². The van der Waals surface area contributed by atoms with Gasteiger partial charge in [0.1, 0.15) is 0 Å². The number of aliphatic hydroxyl groups is 1. The highest BCUT2D eigenvalue weighted by Gasteiger charge is 2.39. The first-order chi connectivity index (χ1) is 13.2. The smallest absolute Gasteiger partial charge is 0.0610 e. The second-order valence-electron chi connectivity index (χ2n) is 8.08. The summed E-state index contributed by atoms with van der Waals surface area (Å²) in [5, 5.41) is 10.8. The SMILES string of the molecule is CN(C)C1(c2ccccc2)CCC(c2cn(CCO)c3ccccc23)CC1. The Bertz CT molecular complexity index is 889. The van der Waals surface area contributed by atoms with Gasteiger partial charge in [-0.05, 0) is 62.9 Å². The van der Waals surface area contributed by atoms with E-state index in [1.54, 1.807) is 0 Å². The quantitative estimate of drug-likeness (QED) is 0.709. The van der Waals surface area contributed by atoms with Gasteiger partial charge in [0.25, 0.3) is 0 Å². The summed E-state index contributed by atoms with van der Waals surface area (Å²) in [4.78, 5) is 2.42. The van der Waals surface area contributed by atoms with Crippen LogP contribution in [0, 0.1) is 0 Å². The molecule has 1 saturated carbocycles. The summed E-state index contributed by atoms with van der Waals surface area (Å²) >= 11 is 0. The molecular weight excluding hydrogens is 332 g/mol. The van der Waals surface area contributed by atoms with Crippen LogP contribution in [-0.2, 0) is 12.1 Å². The molecule has 4 rings (SSSR count). The standard InChI is InChI=1S/C24H30N2O/c1-25(2)24(20-8-4-3-5-9-20)14-12-19(13-15-24)22-18-26(16-17-27)23-11-7-6-10-21(22)23/h3-11,18-19,27H,12-17H2,1-2H3. The third-order valence-corrected chi connectivity index (χ3v) is 6.58. The fourth-order valence-corrected chi connectivity index (χ4v) is 5.04. The van der Waals surface area contributed by atoms with E-state index in [4.69, 9.17) is 0 Å². The summed E-state index contributed by atoms with van der Waals surface area (Å²) in [6.45, 7) is 0.847. The summed E-state index contributed by atoms with van der Waals surface area (Å²) in [7, 11) is 4.45. The van der Waals surface area contributed by atoms with E-state index in [-0.39, 0.29) is 12.1 Å². The summed E-state index contributed by atoms with van der Waals surface area (Å²) in [5.41, 5.74) is 4.28. The fraction of sp³-hybridized carbons (Fsp3) is 0.417. The van der Waals surface area contributed by atoms with E-state index in [9.17, 15) is 5.11 Å². The number of rotatable bonds is 5. The van der Waals surface area contributed by atoms with Gasteiger partial charge in [-0.1, -0.05) is 48.5 Å². The Morgan fingerprint density at radius 3 is 2.33 bits per heavy atom. The van der Waals surface area contributed by atoms with E-state index in [0.29, 0.717) is 12.5 Å². The number of fused-ring (bicyclic) bond motifs is 1. The lowest BCUT2D eigenvalue weighted by Crippen LogP contribution is -2.44. The predicted molar refractivity (Wildman–Crippen MR) is 112 cm³/mol. The lowest BCUT2D eigenvalue weighted by molar-refractivity contribution is 0.0911. The normalized spacial score (nSPS) is 23.2. The Morgan fingerprint density at radius 1 is 1.00 bits per heavy atom. The number of aliphatic hydroxyl groups excluding tert-OH is 1. The summed E-state index contributed by atoms with van der Waals surface area (Å²) in [5.74, 6) is 0.589. The highest BCUT2D eigenvalue weighted by atomic mass is 16.3. The van der Waals surface area contributed by atoms with E-state index in [1.165, 1.54) is 47.7 Å². The molecule has 3 heteroatoms. The van der Waals surface area contributed by atoms with Crippen molar-refractivity contribution in [2.24, 2.45) is 0 Å². The van der Waals surface area contributed by atoms with Gasteiger partial charge in [0, 0.05) is 29.2 Å². The highest BCUT2D eigenvalue weighted by molar-refractivity contribution is 5.84. The second-order valence-corrected chi connectivity index (χ2v) is 8.08. The predicted octanol–water partition coefficient (Wildman–Crippen LogP) is 4.75. The van der Waals surface area contributed by atoms with Crippen LogP contribution in [0.25, 0.3) is 10.9 Å². The van der Waals surface area contributed by atoms with Crippen LogP contribution in [0.4, 0.5) is 0 Å². The van der Waals surface area contributed by atoms with E-state index < -0.39 is 0 Å². The second kappa shape index (κ2) is 7.49. The Labute approximate surface area is 162 Å². The number of hydrogen-bond donors (Lipinski definition) is 1. The van der Waals surface area contributed by atoms with Crippen LogP contribution in [0.5, 0.6) is 0 Å². The highest BCUT2D eigenvalue weighted by Crippen LogP contribution is 2.47. The molecule has 1 aliphatic rings. The molecule has 0 bridgehead atoms. The molecule has 1 N–H and O–H groups in total. The number of benzene rings is 2. The van der Waals surface area contributed by atoms with Gasteiger partial charge in [0.15, 0.2) is 0 Å². The average Bonchev–Trinajstić information content (AvgIpc) is 3.08. The molecule has 0 unspecified atom stereocenters. The minimum Gasteiger partial charge on any atom is -0.395 e. The van der Waals surface area contributed by atoms with E-state index in [2.05, 4.69) is 84.4 Å². The van der Waals surface area contributed by atoms with Gasteiger partial charge in [0.2, 0.25) is 0 Å². The maximum atomic E-state index is 9.43. The zero-order valence-electron chi connectivity index (χ0n) is 16.4. The molecule has 1 fully saturated rings. The van der Waals surface area contributed by atoms with Crippen molar-refractivity contribution in [3.05, 3.63) is 71.9 Å². The van der Waals surface area contributed by atoms with Crippen molar-refractivity contribution in [3.63, 3.8) is 0 Å². The molecule has 2 aromatic carbocycles. The molecule has 0 aliphatic heterocycles. The van der Waals surface area contributed by atoms with Crippen molar-refractivity contribution in [1.29, 1.82) is 0 Å². The number of para-hydroxylation sites is 1. The number of hydrogen-bond acceptors (Lipinski definition) is 2. The van der Waals surface area contributed by atoms with Gasteiger partial charge in [-0.15, -0.1) is 0 Å². The minimum absolute atomic E-state index is 0.140. The molecule has 0 radical (unpaired) electrons. The summed E-state index contributed by atoms with van der Waals surface area (Å²) in [6.07, 6.45) is 7.03. The Hall–Kier alpha value is -2.10. The Kier molecular flexibility index (Phi) is 5.07. The molecule has 0 amide bonds. The van der Waals surface area contributed by atoms with Gasteiger partial charge in [-0.2, -0.15) is 0 Å². The van der Waals surface area contributed by atoms with Gasteiger partial charge in [-0.25, -0.2) is 0 Å². The molecule has 0 saturated heterocycles. The molecule has 142 valence electrons. The van der Waals surface area contributed by atoms with Crippen molar-refractivity contribution in [2.45, 2.75) is 43.7 Å². The lowest BCUT2D eigenvalue weighted by Gasteiger charge is -2.45. The summed E-state index contributed by atoms with van der Waals surface area (Å²) in [6, 6.07) is 19.6. The van der Waals surface area contributed by atoms with E-state index in [0.717, 1.165) is 0 Å². The Balaban J connectivity index is 1.63. The number of nitrogens with zero attached hydrogens (tertiary/aromatic N) is 2. The zero-order valence-corrected chi connectivity index (χ0v) is 16.4. The fourth-order valence-electron chi connectivity index (χ4n) is 5.04. The van der Waals surface area contributed by atoms with Crippen molar-refractivity contribution in [3.8, 4) is 0 Å². The summed E-state index contributed by atoms with van der Waals surface area (Å²) < 4.78 is 2.22. The van der Waals surface area contributed by atoms with Gasteiger partial charge >= 0.3 is 0 Å². The topological polar surface area (TPSA) is 28.4 Å². The van der Waals surface area contributed by atoms with Crippen LogP contribution < -0.4 is 0 Å².